The van der Waals surface area contributed by atoms with Gasteiger partial charge in [0.15, 0.2) is 0 Å². The van der Waals surface area contributed by atoms with Crippen molar-refractivity contribution in [2.45, 2.75) is 31.8 Å². The molecule has 0 spiro atoms. The fourth-order valence-electron chi connectivity index (χ4n) is 2.65. The van der Waals surface area contributed by atoms with E-state index >= 15 is 0 Å². The molecule has 0 aromatic carbocycles. The van der Waals surface area contributed by atoms with Gasteiger partial charge in [-0.3, -0.25) is 9.69 Å². The van der Waals surface area contributed by atoms with Gasteiger partial charge in [-0.25, -0.2) is 0 Å². The molecule has 0 saturated carbocycles. The van der Waals surface area contributed by atoms with E-state index in [4.69, 9.17) is 4.74 Å². The SMILES string of the molecule is COC[C@@H](C)NC(=O)CN1CCC[C@H]1c1ccsc1. The van der Waals surface area contributed by atoms with Crippen molar-refractivity contribution < 1.29 is 9.53 Å². The highest BCUT2D eigenvalue weighted by molar-refractivity contribution is 7.07. The molecule has 0 radical (unpaired) electrons. The van der Waals surface area contributed by atoms with E-state index in [0.717, 1.165) is 13.0 Å². The molecule has 1 aromatic heterocycles. The number of nitrogens with one attached hydrogen (secondary N) is 1. The third-order valence-electron chi connectivity index (χ3n) is 3.46. The van der Waals surface area contributed by atoms with E-state index in [-0.39, 0.29) is 11.9 Å². The minimum atomic E-state index is 0.0692. The molecule has 19 heavy (non-hydrogen) atoms. The van der Waals surface area contributed by atoms with Gasteiger partial charge < -0.3 is 10.1 Å². The lowest BCUT2D eigenvalue weighted by atomic mass is 10.1. The van der Waals surface area contributed by atoms with Crippen molar-refractivity contribution in [3.63, 3.8) is 0 Å². The minimum Gasteiger partial charge on any atom is -0.383 e. The summed E-state index contributed by atoms with van der Waals surface area (Å²) in [5, 5.41) is 7.26. The Bertz CT molecular complexity index is 394. The normalized spacial score (nSPS) is 21.5. The Labute approximate surface area is 118 Å². The monoisotopic (exact) mass is 282 g/mol. The van der Waals surface area contributed by atoms with Crippen molar-refractivity contribution >= 4 is 17.2 Å². The first kappa shape index (κ1) is 14.5. The van der Waals surface area contributed by atoms with E-state index in [2.05, 4.69) is 27.0 Å². The number of rotatable bonds is 6. The second-order valence-electron chi connectivity index (χ2n) is 5.11. The molecule has 1 aliphatic heterocycles. The lowest BCUT2D eigenvalue weighted by molar-refractivity contribution is -0.123. The van der Waals surface area contributed by atoms with E-state index in [1.807, 2.05) is 6.92 Å². The Kier molecular flexibility index (Phi) is 5.36. The third kappa shape index (κ3) is 4.03. The van der Waals surface area contributed by atoms with Gasteiger partial charge in [-0.1, -0.05) is 0 Å². The predicted octanol–water partition coefficient (Wildman–Crippen LogP) is 2.04. The van der Waals surface area contributed by atoms with E-state index < -0.39 is 0 Å². The Morgan fingerprint density at radius 1 is 1.68 bits per heavy atom. The fraction of sp³-hybridized carbons (Fsp3) is 0.643. The van der Waals surface area contributed by atoms with Crippen LogP contribution in [-0.2, 0) is 9.53 Å². The van der Waals surface area contributed by atoms with E-state index in [1.54, 1.807) is 18.4 Å². The van der Waals surface area contributed by atoms with Crippen LogP contribution in [0.15, 0.2) is 16.8 Å². The molecule has 4 nitrogen and oxygen atoms in total. The summed E-state index contributed by atoms with van der Waals surface area (Å²) in [6.45, 7) is 4.00. The number of methoxy groups -OCH3 is 1. The quantitative estimate of drug-likeness (QED) is 0.868. The van der Waals surface area contributed by atoms with Crippen molar-refractivity contribution in [2.24, 2.45) is 0 Å². The largest absolute Gasteiger partial charge is 0.383 e. The fourth-order valence-corrected chi connectivity index (χ4v) is 3.36. The van der Waals surface area contributed by atoms with Gasteiger partial charge in [-0.05, 0) is 48.7 Å². The summed E-state index contributed by atoms with van der Waals surface area (Å²) >= 11 is 1.72. The molecule has 1 aromatic rings. The predicted molar refractivity (Wildman–Crippen MR) is 77.3 cm³/mol. The van der Waals surface area contributed by atoms with Crippen LogP contribution in [0.25, 0.3) is 0 Å². The highest BCUT2D eigenvalue weighted by Crippen LogP contribution is 2.32. The van der Waals surface area contributed by atoms with Crippen LogP contribution >= 0.6 is 11.3 Å². The van der Waals surface area contributed by atoms with Crippen LogP contribution in [0.5, 0.6) is 0 Å². The molecular weight excluding hydrogens is 260 g/mol. The second-order valence-corrected chi connectivity index (χ2v) is 5.89. The Balaban J connectivity index is 1.86. The summed E-state index contributed by atoms with van der Waals surface area (Å²) in [5.41, 5.74) is 1.35. The molecule has 2 rings (SSSR count). The van der Waals surface area contributed by atoms with Crippen molar-refractivity contribution in [3.05, 3.63) is 22.4 Å². The molecule has 5 heteroatoms. The zero-order valence-electron chi connectivity index (χ0n) is 11.6. The average molecular weight is 282 g/mol. The second kappa shape index (κ2) is 7.03. The molecule has 106 valence electrons. The molecule has 1 saturated heterocycles. The van der Waals surface area contributed by atoms with Crippen LogP contribution in [0.1, 0.15) is 31.4 Å². The molecule has 1 amide bonds. The van der Waals surface area contributed by atoms with Crippen LogP contribution in [0, 0.1) is 0 Å². The van der Waals surface area contributed by atoms with Crippen LogP contribution in [0.4, 0.5) is 0 Å². The van der Waals surface area contributed by atoms with Gasteiger partial charge in [0.2, 0.25) is 5.91 Å². The maximum absolute atomic E-state index is 12.0. The van der Waals surface area contributed by atoms with Crippen molar-refractivity contribution in [3.8, 4) is 0 Å². The van der Waals surface area contributed by atoms with Gasteiger partial charge >= 0.3 is 0 Å². The summed E-state index contributed by atoms with van der Waals surface area (Å²) in [7, 11) is 1.65. The van der Waals surface area contributed by atoms with Crippen LogP contribution < -0.4 is 5.32 Å². The number of nitrogens with zero attached hydrogens (tertiary/aromatic N) is 1. The topological polar surface area (TPSA) is 41.6 Å². The number of hydrogen-bond acceptors (Lipinski definition) is 4. The first-order valence-electron chi connectivity index (χ1n) is 6.75. The molecule has 2 heterocycles. The summed E-state index contributed by atoms with van der Waals surface area (Å²) in [6, 6.07) is 2.65. The number of carbonyl (C=O) groups excluding carboxylic acids is 1. The lowest BCUT2D eigenvalue weighted by Gasteiger charge is -2.24. The molecule has 1 N–H and O–H groups in total. The van der Waals surface area contributed by atoms with Crippen LogP contribution in [0.3, 0.4) is 0 Å². The van der Waals surface area contributed by atoms with Gasteiger partial charge in [0.25, 0.3) is 0 Å². The zero-order chi connectivity index (χ0) is 13.7. The maximum Gasteiger partial charge on any atom is 0.234 e. The first-order valence-corrected chi connectivity index (χ1v) is 7.69. The highest BCUT2D eigenvalue weighted by Gasteiger charge is 2.27. The van der Waals surface area contributed by atoms with Gasteiger partial charge in [0.1, 0.15) is 0 Å². The van der Waals surface area contributed by atoms with E-state index in [0.29, 0.717) is 19.2 Å². The smallest absolute Gasteiger partial charge is 0.234 e. The molecule has 1 fully saturated rings. The van der Waals surface area contributed by atoms with Crippen molar-refractivity contribution in [2.75, 3.05) is 26.8 Å². The summed E-state index contributed by atoms with van der Waals surface area (Å²) in [4.78, 5) is 14.3. The Morgan fingerprint density at radius 2 is 2.53 bits per heavy atom. The Morgan fingerprint density at radius 3 is 3.21 bits per heavy atom. The number of hydrogen-bond donors (Lipinski definition) is 1. The van der Waals surface area contributed by atoms with Gasteiger partial charge in [0.05, 0.1) is 13.2 Å². The van der Waals surface area contributed by atoms with Gasteiger partial charge in [0, 0.05) is 19.2 Å². The molecule has 2 atom stereocenters. The van der Waals surface area contributed by atoms with Gasteiger partial charge in [-0.2, -0.15) is 11.3 Å². The number of likely N-dealkylation sites (tertiary alicyclic amines) is 1. The van der Waals surface area contributed by atoms with Crippen molar-refractivity contribution in [1.29, 1.82) is 0 Å². The molecule has 1 aliphatic rings. The Hall–Kier alpha value is -0.910. The van der Waals surface area contributed by atoms with Crippen LogP contribution in [-0.4, -0.2) is 43.7 Å². The summed E-state index contributed by atoms with van der Waals surface area (Å²) < 4.78 is 5.03. The molecular formula is C14H22N2O2S. The number of amides is 1. The summed E-state index contributed by atoms with van der Waals surface area (Å²) in [6.07, 6.45) is 2.32. The number of carbonyl (C=O) groups is 1. The summed E-state index contributed by atoms with van der Waals surface area (Å²) in [5.74, 6) is 0.0895. The van der Waals surface area contributed by atoms with E-state index in [9.17, 15) is 4.79 Å². The zero-order valence-corrected chi connectivity index (χ0v) is 12.4. The van der Waals surface area contributed by atoms with Crippen LogP contribution in [0.2, 0.25) is 0 Å². The standard InChI is InChI=1S/C14H22N2O2S/c1-11(9-18-2)15-14(17)8-16-6-3-4-13(16)12-5-7-19-10-12/h5,7,10-11,13H,3-4,6,8-9H2,1-2H3,(H,15,17)/t11-,13+/m1/s1. The minimum absolute atomic E-state index is 0.0692. The molecule has 0 aliphatic carbocycles. The molecule has 0 bridgehead atoms. The highest BCUT2D eigenvalue weighted by atomic mass is 32.1. The van der Waals surface area contributed by atoms with Gasteiger partial charge in [-0.15, -0.1) is 0 Å². The van der Waals surface area contributed by atoms with E-state index in [1.165, 1.54) is 12.0 Å². The van der Waals surface area contributed by atoms with Crippen molar-refractivity contribution in [1.82, 2.24) is 10.2 Å². The number of thiophene rings is 1. The third-order valence-corrected chi connectivity index (χ3v) is 4.16. The number of ether oxygens (including phenoxy) is 1. The lowest BCUT2D eigenvalue weighted by Crippen LogP contribution is -2.42. The first-order chi connectivity index (χ1) is 9.20. The maximum atomic E-state index is 12.0. The molecule has 0 unspecified atom stereocenters. The average Bonchev–Trinajstić information content (AvgIpc) is 2.98.